The van der Waals surface area contributed by atoms with E-state index in [2.05, 4.69) is 14.9 Å². The van der Waals surface area contributed by atoms with Crippen LogP contribution in [-0.2, 0) is 11.3 Å². The molecule has 24 heavy (non-hydrogen) atoms. The van der Waals surface area contributed by atoms with Crippen LogP contribution in [0.1, 0.15) is 12.5 Å². The molecule has 8 nitrogen and oxygen atoms in total. The predicted octanol–water partition coefficient (Wildman–Crippen LogP) is 0.779. The monoisotopic (exact) mass is 331 g/mol. The van der Waals surface area contributed by atoms with Gasteiger partial charge in [0.05, 0.1) is 6.61 Å². The Labute approximate surface area is 139 Å². The molecule has 8 heteroatoms. The van der Waals surface area contributed by atoms with Gasteiger partial charge in [-0.15, -0.1) is 0 Å². The number of aromatic nitrogens is 2. The van der Waals surface area contributed by atoms with Crippen LogP contribution in [0, 0.1) is 0 Å². The Morgan fingerprint density at radius 2 is 2.08 bits per heavy atom. The SMILES string of the molecule is CCOC(=O)N1CCN(Cc2cc(=O)[nH]c3nc(N)ccc23)CC1. The van der Waals surface area contributed by atoms with Gasteiger partial charge < -0.3 is 20.4 Å². The molecule has 128 valence electrons. The number of amides is 1. The molecule has 0 atom stereocenters. The van der Waals surface area contributed by atoms with E-state index in [1.54, 1.807) is 24.0 Å². The smallest absolute Gasteiger partial charge is 0.409 e. The lowest BCUT2D eigenvalue weighted by Crippen LogP contribution is -2.48. The molecule has 0 saturated carbocycles. The van der Waals surface area contributed by atoms with Gasteiger partial charge in [-0.25, -0.2) is 9.78 Å². The van der Waals surface area contributed by atoms with Crippen LogP contribution in [0.5, 0.6) is 0 Å². The van der Waals surface area contributed by atoms with Crippen molar-refractivity contribution in [2.24, 2.45) is 0 Å². The second-order valence-electron chi connectivity index (χ2n) is 5.75. The summed E-state index contributed by atoms with van der Waals surface area (Å²) >= 11 is 0. The van der Waals surface area contributed by atoms with Crippen LogP contribution in [0.15, 0.2) is 23.0 Å². The van der Waals surface area contributed by atoms with Crippen LogP contribution in [0.2, 0.25) is 0 Å². The molecule has 1 aliphatic heterocycles. The second kappa shape index (κ2) is 6.88. The quantitative estimate of drug-likeness (QED) is 0.861. The number of hydrogen-bond acceptors (Lipinski definition) is 6. The van der Waals surface area contributed by atoms with Crippen LogP contribution in [0.25, 0.3) is 11.0 Å². The van der Waals surface area contributed by atoms with E-state index in [1.165, 1.54) is 0 Å². The number of carbonyl (C=O) groups excluding carboxylic acids is 1. The van der Waals surface area contributed by atoms with E-state index in [0.29, 0.717) is 37.7 Å². The van der Waals surface area contributed by atoms with E-state index < -0.39 is 0 Å². The van der Waals surface area contributed by atoms with Crippen LogP contribution in [0.3, 0.4) is 0 Å². The molecule has 2 aromatic rings. The number of nitrogen functional groups attached to an aromatic ring is 1. The van der Waals surface area contributed by atoms with Crippen LogP contribution < -0.4 is 11.3 Å². The van der Waals surface area contributed by atoms with Crippen molar-refractivity contribution in [1.29, 1.82) is 0 Å². The molecule has 2 aromatic heterocycles. The third-order valence-corrected chi connectivity index (χ3v) is 4.10. The molecule has 3 N–H and O–H groups in total. The lowest BCUT2D eigenvalue weighted by Gasteiger charge is -2.34. The van der Waals surface area contributed by atoms with Gasteiger partial charge in [0.1, 0.15) is 11.5 Å². The molecule has 0 bridgehead atoms. The zero-order valence-corrected chi connectivity index (χ0v) is 13.6. The van der Waals surface area contributed by atoms with Gasteiger partial charge in [-0.3, -0.25) is 9.69 Å². The van der Waals surface area contributed by atoms with Crippen molar-refractivity contribution in [2.75, 3.05) is 38.5 Å². The van der Waals surface area contributed by atoms with Crippen molar-refractivity contribution in [3.63, 3.8) is 0 Å². The molecule has 0 spiro atoms. The minimum atomic E-state index is -0.265. The zero-order chi connectivity index (χ0) is 17.1. The fourth-order valence-electron chi connectivity index (χ4n) is 2.89. The summed E-state index contributed by atoms with van der Waals surface area (Å²) in [7, 11) is 0. The van der Waals surface area contributed by atoms with Crippen molar-refractivity contribution in [2.45, 2.75) is 13.5 Å². The number of hydrogen-bond donors (Lipinski definition) is 2. The molecule has 0 unspecified atom stereocenters. The van der Waals surface area contributed by atoms with E-state index in [-0.39, 0.29) is 11.7 Å². The van der Waals surface area contributed by atoms with Crippen LogP contribution in [0.4, 0.5) is 10.6 Å². The first kappa shape index (κ1) is 16.3. The van der Waals surface area contributed by atoms with E-state index in [9.17, 15) is 9.59 Å². The third kappa shape index (κ3) is 3.48. The molecular formula is C16H21N5O3. The van der Waals surface area contributed by atoms with Gasteiger partial charge in [0, 0.05) is 44.2 Å². The van der Waals surface area contributed by atoms with Crippen molar-refractivity contribution in [1.82, 2.24) is 19.8 Å². The summed E-state index contributed by atoms with van der Waals surface area (Å²) in [4.78, 5) is 34.4. The Morgan fingerprint density at radius 3 is 2.79 bits per heavy atom. The number of rotatable bonds is 3. The summed E-state index contributed by atoms with van der Waals surface area (Å²) in [5.74, 6) is 0.373. The van der Waals surface area contributed by atoms with Gasteiger partial charge in [0.15, 0.2) is 0 Å². The Balaban J connectivity index is 1.72. The van der Waals surface area contributed by atoms with Crippen LogP contribution >= 0.6 is 0 Å². The van der Waals surface area contributed by atoms with E-state index in [4.69, 9.17) is 10.5 Å². The summed E-state index contributed by atoms with van der Waals surface area (Å²) < 4.78 is 5.02. The molecule has 1 aliphatic rings. The highest BCUT2D eigenvalue weighted by atomic mass is 16.6. The molecule has 1 fully saturated rings. The third-order valence-electron chi connectivity index (χ3n) is 4.10. The topological polar surface area (TPSA) is 105 Å². The second-order valence-corrected chi connectivity index (χ2v) is 5.75. The highest BCUT2D eigenvalue weighted by molar-refractivity contribution is 5.79. The first-order valence-electron chi connectivity index (χ1n) is 7.99. The van der Waals surface area contributed by atoms with Crippen molar-refractivity contribution in [3.8, 4) is 0 Å². The molecule has 0 aliphatic carbocycles. The molecule has 3 rings (SSSR count). The molecule has 3 heterocycles. The normalized spacial score (nSPS) is 15.6. The average molecular weight is 331 g/mol. The number of nitrogens with two attached hydrogens (primary N) is 1. The van der Waals surface area contributed by atoms with Gasteiger partial charge in [-0.05, 0) is 24.6 Å². The maximum absolute atomic E-state index is 11.8. The maximum atomic E-state index is 11.8. The predicted molar refractivity (Wildman–Crippen MR) is 90.6 cm³/mol. The Bertz CT molecular complexity index is 796. The fraction of sp³-hybridized carbons (Fsp3) is 0.438. The first-order chi connectivity index (χ1) is 11.6. The van der Waals surface area contributed by atoms with E-state index in [1.807, 2.05) is 6.07 Å². The highest BCUT2D eigenvalue weighted by Gasteiger charge is 2.22. The van der Waals surface area contributed by atoms with Gasteiger partial charge in [-0.1, -0.05) is 0 Å². The maximum Gasteiger partial charge on any atom is 0.409 e. The number of aromatic amines is 1. The molecule has 0 aromatic carbocycles. The largest absolute Gasteiger partial charge is 0.450 e. The lowest BCUT2D eigenvalue weighted by atomic mass is 10.1. The van der Waals surface area contributed by atoms with Gasteiger partial charge >= 0.3 is 6.09 Å². The highest BCUT2D eigenvalue weighted by Crippen LogP contribution is 2.17. The van der Waals surface area contributed by atoms with Gasteiger partial charge in [0.2, 0.25) is 5.56 Å². The molecule has 0 radical (unpaired) electrons. The van der Waals surface area contributed by atoms with Crippen molar-refractivity contribution in [3.05, 3.63) is 34.1 Å². The van der Waals surface area contributed by atoms with E-state index >= 15 is 0 Å². The molecule has 1 amide bonds. The van der Waals surface area contributed by atoms with Crippen LogP contribution in [-0.4, -0.2) is 58.6 Å². The lowest BCUT2D eigenvalue weighted by molar-refractivity contribution is 0.0779. The fourth-order valence-corrected chi connectivity index (χ4v) is 2.89. The van der Waals surface area contributed by atoms with Crippen molar-refractivity contribution < 1.29 is 9.53 Å². The number of nitrogens with one attached hydrogen (secondary N) is 1. The number of carbonyl (C=O) groups is 1. The van der Waals surface area contributed by atoms with Gasteiger partial charge in [0.25, 0.3) is 0 Å². The Kier molecular flexibility index (Phi) is 4.66. The number of H-pyrrole nitrogens is 1. The number of anilines is 1. The minimum absolute atomic E-state index is 0.194. The standard InChI is InChI=1S/C16H21N5O3/c1-2-24-16(23)21-7-5-20(6-8-21)10-11-9-14(22)19-15-12(11)3-4-13(17)18-15/h3-4,9H,2,5-8,10H2,1H3,(H3,17,18,19,22). The number of piperazine rings is 1. The number of ether oxygens (including phenoxy) is 1. The summed E-state index contributed by atoms with van der Waals surface area (Å²) in [6.07, 6.45) is -0.265. The van der Waals surface area contributed by atoms with Crippen molar-refractivity contribution >= 4 is 22.9 Å². The molecule has 1 saturated heterocycles. The summed E-state index contributed by atoms with van der Waals surface area (Å²) in [5.41, 5.74) is 6.90. The minimum Gasteiger partial charge on any atom is -0.450 e. The number of pyridine rings is 2. The first-order valence-corrected chi connectivity index (χ1v) is 7.99. The Hall–Kier alpha value is -2.61. The average Bonchev–Trinajstić information content (AvgIpc) is 2.55. The Morgan fingerprint density at radius 1 is 1.33 bits per heavy atom. The molecular weight excluding hydrogens is 310 g/mol. The number of nitrogens with zero attached hydrogens (tertiary/aromatic N) is 3. The summed E-state index contributed by atoms with van der Waals surface area (Å²) in [6.45, 7) is 5.50. The van der Waals surface area contributed by atoms with Gasteiger partial charge in [-0.2, -0.15) is 0 Å². The van der Waals surface area contributed by atoms with E-state index in [0.717, 1.165) is 24.0 Å². The summed E-state index contributed by atoms with van der Waals surface area (Å²) in [6, 6.07) is 5.19. The number of fused-ring (bicyclic) bond motifs is 1. The summed E-state index contributed by atoms with van der Waals surface area (Å²) in [5, 5.41) is 0.886. The zero-order valence-electron chi connectivity index (χ0n) is 13.6.